The van der Waals surface area contributed by atoms with Crippen LogP contribution in [0, 0.1) is 0 Å². The van der Waals surface area contributed by atoms with Gasteiger partial charge in [0, 0.05) is 18.6 Å². The molecule has 0 aliphatic carbocycles. The van der Waals surface area contributed by atoms with Gasteiger partial charge in [0.15, 0.2) is 0 Å². The average Bonchev–Trinajstić information content (AvgIpc) is 2.76. The van der Waals surface area contributed by atoms with Gasteiger partial charge in [0.25, 0.3) is 0 Å². The van der Waals surface area contributed by atoms with Gasteiger partial charge < -0.3 is 10.2 Å². The van der Waals surface area contributed by atoms with Crippen LogP contribution in [0.2, 0.25) is 5.15 Å². The van der Waals surface area contributed by atoms with E-state index in [0.29, 0.717) is 11.2 Å². The summed E-state index contributed by atoms with van der Waals surface area (Å²) < 4.78 is 0. The maximum Gasteiger partial charge on any atom is 0.149 e. The molecule has 17 heavy (non-hydrogen) atoms. The van der Waals surface area contributed by atoms with E-state index in [1.807, 2.05) is 0 Å². The standard InChI is InChI=1S/C12H17ClN4/c13-11-7-14-8-12(16-11)15-9-3-5-17-4-1-2-10(17)6-9/h7-10H,1-6H2,(H,15,16). The van der Waals surface area contributed by atoms with Crippen LogP contribution < -0.4 is 5.32 Å². The lowest BCUT2D eigenvalue weighted by molar-refractivity contribution is 0.188. The zero-order valence-electron chi connectivity index (χ0n) is 9.77. The summed E-state index contributed by atoms with van der Waals surface area (Å²) in [5.41, 5.74) is 0. The number of anilines is 1. The minimum Gasteiger partial charge on any atom is -0.366 e. The van der Waals surface area contributed by atoms with E-state index in [0.717, 1.165) is 11.9 Å². The Bertz CT molecular complexity index is 398. The molecule has 0 saturated carbocycles. The third-order valence-corrected chi connectivity index (χ3v) is 3.96. The van der Waals surface area contributed by atoms with Gasteiger partial charge in [0.05, 0.1) is 12.4 Å². The van der Waals surface area contributed by atoms with Crippen molar-refractivity contribution in [1.29, 1.82) is 0 Å². The van der Waals surface area contributed by atoms with Crippen LogP contribution in [0.1, 0.15) is 25.7 Å². The highest BCUT2D eigenvalue weighted by Gasteiger charge is 2.31. The number of hydrogen-bond donors (Lipinski definition) is 1. The van der Waals surface area contributed by atoms with Gasteiger partial charge in [-0.25, -0.2) is 4.98 Å². The largest absolute Gasteiger partial charge is 0.366 e. The van der Waals surface area contributed by atoms with Gasteiger partial charge in [-0.1, -0.05) is 11.6 Å². The molecule has 2 fully saturated rings. The summed E-state index contributed by atoms with van der Waals surface area (Å²) in [6, 6.07) is 1.29. The molecule has 2 unspecified atom stereocenters. The molecule has 0 spiro atoms. The van der Waals surface area contributed by atoms with Crippen molar-refractivity contribution >= 4 is 17.4 Å². The molecule has 1 aromatic heterocycles. The highest BCUT2D eigenvalue weighted by Crippen LogP contribution is 2.28. The fourth-order valence-electron chi connectivity index (χ4n) is 2.98. The average molecular weight is 253 g/mol. The maximum atomic E-state index is 5.83. The van der Waals surface area contributed by atoms with Crippen molar-refractivity contribution in [2.75, 3.05) is 18.4 Å². The zero-order chi connectivity index (χ0) is 11.7. The molecule has 2 atom stereocenters. The van der Waals surface area contributed by atoms with Gasteiger partial charge in [0.2, 0.25) is 0 Å². The van der Waals surface area contributed by atoms with Gasteiger partial charge in [-0.3, -0.25) is 4.98 Å². The second kappa shape index (κ2) is 4.78. The van der Waals surface area contributed by atoms with Crippen LogP contribution in [-0.2, 0) is 0 Å². The first kappa shape index (κ1) is 11.2. The normalized spacial score (nSPS) is 29.0. The van der Waals surface area contributed by atoms with E-state index in [1.54, 1.807) is 12.4 Å². The third kappa shape index (κ3) is 2.53. The van der Waals surface area contributed by atoms with Crippen molar-refractivity contribution in [2.24, 2.45) is 0 Å². The Balaban J connectivity index is 1.62. The van der Waals surface area contributed by atoms with Crippen molar-refractivity contribution in [3.8, 4) is 0 Å². The van der Waals surface area contributed by atoms with Crippen LogP contribution in [0.3, 0.4) is 0 Å². The number of hydrogen-bond acceptors (Lipinski definition) is 4. The van der Waals surface area contributed by atoms with Crippen molar-refractivity contribution in [1.82, 2.24) is 14.9 Å². The van der Waals surface area contributed by atoms with Gasteiger partial charge in [-0.15, -0.1) is 0 Å². The van der Waals surface area contributed by atoms with Crippen molar-refractivity contribution in [2.45, 2.75) is 37.8 Å². The first-order chi connectivity index (χ1) is 8.31. The van der Waals surface area contributed by atoms with Gasteiger partial charge in [-0.05, 0) is 32.2 Å². The molecule has 1 N–H and O–H groups in total. The van der Waals surface area contributed by atoms with Gasteiger partial charge in [-0.2, -0.15) is 0 Å². The second-order valence-electron chi connectivity index (χ2n) is 4.92. The second-order valence-corrected chi connectivity index (χ2v) is 5.31. The molecule has 3 rings (SSSR count). The molecule has 0 amide bonds. The summed E-state index contributed by atoms with van der Waals surface area (Å²) in [5.74, 6) is 0.800. The molecule has 5 heteroatoms. The topological polar surface area (TPSA) is 41.1 Å². The smallest absolute Gasteiger partial charge is 0.149 e. The Morgan fingerprint density at radius 2 is 2.24 bits per heavy atom. The molecule has 2 saturated heterocycles. The summed E-state index contributed by atoms with van der Waals surface area (Å²) in [7, 11) is 0. The molecule has 2 aliphatic heterocycles. The van der Waals surface area contributed by atoms with E-state index in [-0.39, 0.29) is 0 Å². The highest BCUT2D eigenvalue weighted by atomic mass is 35.5. The first-order valence-corrected chi connectivity index (χ1v) is 6.67. The van der Waals surface area contributed by atoms with E-state index in [9.17, 15) is 0 Å². The first-order valence-electron chi connectivity index (χ1n) is 6.29. The molecule has 3 heterocycles. The number of nitrogens with one attached hydrogen (secondary N) is 1. The maximum absolute atomic E-state index is 5.83. The third-order valence-electron chi connectivity index (χ3n) is 3.78. The Morgan fingerprint density at radius 3 is 3.12 bits per heavy atom. The lowest BCUT2D eigenvalue weighted by Gasteiger charge is -2.35. The molecule has 1 aromatic rings. The molecule has 2 aliphatic rings. The molecule has 0 radical (unpaired) electrons. The number of piperidine rings is 1. The molecule has 92 valence electrons. The fourth-order valence-corrected chi connectivity index (χ4v) is 3.12. The van der Waals surface area contributed by atoms with Crippen LogP contribution in [-0.4, -0.2) is 40.0 Å². The number of rotatable bonds is 2. The summed E-state index contributed by atoms with van der Waals surface area (Å²) in [6.45, 7) is 2.49. The molecule has 4 nitrogen and oxygen atoms in total. The Labute approximate surface area is 106 Å². The SMILES string of the molecule is Clc1cncc(NC2CCN3CCCC3C2)n1. The van der Waals surface area contributed by atoms with Gasteiger partial charge >= 0.3 is 0 Å². The van der Waals surface area contributed by atoms with E-state index in [4.69, 9.17) is 11.6 Å². The van der Waals surface area contributed by atoms with E-state index < -0.39 is 0 Å². The lowest BCUT2D eigenvalue weighted by atomic mass is 9.98. The fraction of sp³-hybridized carbons (Fsp3) is 0.667. The molecule has 0 bridgehead atoms. The molecule has 0 aromatic carbocycles. The summed E-state index contributed by atoms with van der Waals surface area (Å²) >= 11 is 5.83. The van der Waals surface area contributed by atoms with E-state index in [2.05, 4.69) is 20.2 Å². The van der Waals surface area contributed by atoms with Crippen molar-refractivity contribution < 1.29 is 0 Å². The summed E-state index contributed by atoms with van der Waals surface area (Å²) in [5, 5.41) is 3.90. The Kier molecular flexibility index (Phi) is 3.16. The molecular formula is C12H17ClN4. The highest BCUT2D eigenvalue weighted by molar-refractivity contribution is 6.29. The van der Waals surface area contributed by atoms with Crippen molar-refractivity contribution in [3.05, 3.63) is 17.5 Å². The van der Waals surface area contributed by atoms with Crippen LogP contribution in [0.4, 0.5) is 5.82 Å². The lowest BCUT2D eigenvalue weighted by Crippen LogP contribution is -2.42. The zero-order valence-corrected chi connectivity index (χ0v) is 10.5. The van der Waals surface area contributed by atoms with Crippen LogP contribution in [0.25, 0.3) is 0 Å². The molecular weight excluding hydrogens is 236 g/mol. The predicted octanol–water partition coefficient (Wildman–Crippen LogP) is 2.17. The summed E-state index contributed by atoms with van der Waals surface area (Å²) in [4.78, 5) is 10.9. The van der Waals surface area contributed by atoms with Crippen molar-refractivity contribution in [3.63, 3.8) is 0 Å². The van der Waals surface area contributed by atoms with E-state index >= 15 is 0 Å². The predicted molar refractivity (Wildman–Crippen MR) is 68.3 cm³/mol. The number of fused-ring (bicyclic) bond motifs is 1. The number of aromatic nitrogens is 2. The quantitative estimate of drug-likeness (QED) is 0.876. The monoisotopic (exact) mass is 252 g/mol. The van der Waals surface area contributed by atoms with Gasteiger partial charge in [0.1, 0.15) is 11.0 Å². The van der Waals surface area contributed by atoms with E-state index in [1.165, 1.54) is 38.8 Å². The van der Waals surface area contributed by atoms with Crippen LogP contribution in [0.15, 0.2) is 12.4 Å². The Hall–Kier alpha value is -0.870. The van der Waals surface area contributed by atoms with Crippen LogP contribution >= 0.6 is 11.6 Å². The Morgan fingerprint density at radius 1 is 1.29 bits per heavy atom. The minimum absolute atomic E-state index is 0.452. The minimum atomic E-state index is 0.452. The summed E-state index contributed by atoms with van der Waals surface area (Å²) in [6.07, 6.45) is 8.41. The number of halogens is 1. The number of nitrogens with zero attached hydrogens (tertiary/aromatic N) is 3. The van der Waals surface area contributed by atoms with Crippen LogP contribution in [0.5, 0.6) is 0 Å².